The second-order valence-corrected chi connectivity index (χ2v) is 3.14. The van der Waals surface area contributed by atoms with Crippen LogP contribution in [0.3, 0.4) is 0 Å². The number of aromatic nitrogens is 1. The van der Waals surface area contributed by atoms with Crippen molar-refractivity contribution in [2.24, 2.45) is 0 Å². The Labute approximate surface area is 63.0 Å². The van der Waals surface area contributed by atoms with Crippen LogP contribution in [0.15, 0.2) is 21.5 Å². The number of halogens is 1. The second kappa shape index (κ2) is 2.63. The van der Waals surface area contributed by atoms with Crippen molar-refractivity contribution in [2.75, 3.05) is 0 Å². The summed E-state index contributed by atoms with van der Waals surface area (Å²) in [6.07, 6.45) is 1.61. The molecule has 2 nitrogen and oxygen atoms in total. The van der Waals surface area contributed by atoms with Crippen LogP contribution in [0, 0.1) is 0 Å². The summed E-state index contributed by atoms with van der Waals surface area (Å²) in [5, 5.41) is 0.643. The molecule has 9 heavy (non-hydrogen) atoms. The van der Waals surface area contributed by atoms with Crippen LogP contribution in [0.1, 0.15) is 0 Å². The molecule has 48 valence electrons. The van der Waals surface area contributed by atoms with Gasteiger partial charge in [-0.25, -0.2) is 0 Å². The predicted octanol–water partition coefficient (Wildman–Crippen LogP) is 0.638. The fourth-order valence-corrected chi connectivity index (χ4v) is 1.34. The monoisotopic (exact) mass is 205 g/mol. The lowest BCUT2D eigenvalue weighted by Gasteiger charge is -1.89. The van der Waals surface area contributed by atoms with Crippen molar-refractivity contribution in [3.8, 4) is 0 Å². The van der Waals surface area contributed by atoms with Gasteiger partial charge in [0.25, 0.3) is 5.56 Å². The molecular weight excluding hydrogens is 201 g/mol. The number of hydrogen-bond acceptors (Lipinski definition) is 1. The minimum atomic E-state index is -0.0665. The molecule has 0 aromatic carbocycles. The lowest BCUT2D eigenvalue weighted by molar-refractivity contribution is 1.25. The summed E-state index contributed by atoms with van der Waals surface area (Å²) in [5.41, 5.74) is -0.0665. The van der Waals surface area contributed by atoms with Gasteiger partial charge in [-0.1, -0.05) is 9.24 Å². The smallest absolute Gasteiger partial charge is 0.255 e. The van der Waals surface area contributed by atoms with Gasteiger partial charge in [-0.15, -0.1) is 0 Å². The molecule has 0 aliphatic rings. The first-order valence-electron chi connectivity index (χ1n) is 2.34. The maximum atomic E-state index is 10.7. The van der Waals surface area contributed by atoms with Crippen LogP contribution in [-0.4, -0.2) is 4.98 Å². The number of aromatic amines is 1. The Hall–Kier alpha value is -0.140. The van der Waals surface area contributed by atoms with Crippen LogP contribution in [-0.2, 0) is 0 Å². The third-order valence-electron chi connectivity index (χ3n) is 0.897. The highest BCUT2D eigenvalue weighted by atomic mass is 79.9. The summed E-state index contributed by atoms with van der Waals surface area (Å²) in [6, 6.07) is 1.74. The van der Waals surface area contributed by atoms with Crippen LogP contribution >= 0.6 is 25.2 Å². The van der Waals surface area contributed by atoms with Gasteiger partial charge in [-0.05, 0) is 22.0 Å². The first-order chi connectivity index (χ1) is 4.20. The summed E-state index contributed by atoms with van der Waals surface area (Å²) < 4.78 is 0.882. The van der Waals surface area contributed by atoms with E-state index in [4.69, 9.17) is 0 Å². The molecule has 1 atom stereocenters. The Morgan fingerprint density at radius 3 is 2.78 bits per heavy atom. The fourth-order valence-electron chi connectivity index (χ4n) is 0.474. The molecule has 1 aromatic rings. The normalized spacial score (nSPS) is 9.56. The van der Waals surface area contributed by atoms with Crippen LogP contribution < -0.4 is 10.9 Å². The summed E-state index contributed by atoms with van der Waals surface area (Å²) in [5.74, 6) is 0. The second-order valence-electron chi connectivity index (χ2n) is 1.60. The van der Waals surface area contributed by atoms with E-state index in [-0.39, 0.29) is 5.56 Å². The van der Waals surface area contributed by atoms with Gasteiger partial charge in [0.05, 0.1) is 0 Å². The zero-order valence-electron chi connectivity index (χ0n) is 4.52. The molecule has 0 amide bonds. The number of rotatable bonds is 0. The molecule has 0 bridgehead atoms. The SMILES string of the molecule is O=c1[nH]cc(Br)cc1P. The summed E-state index contributed by atoms with van der Waals surface area (Å²) >= 11 is 3.21. The molecule has 0 aliphatic heterocycles. The van der Waals surface area contributed by atoms with E-state index < -0.39 is 0 Å². The van der Waals surface area contributed by atoms with Crippen molar-refractivity contribution in [3.05, 3.63) is 27.1 Å². The Morgan fingerprint density at radius 2 is 2.33 bits per heavy atom. The topological polar surface area (TPSA) is 32.9 Å². The minimum Gasteiger partial charge on any atom is -0.327 e. The summed E-state index contributed by atoms with van der Waals surface area (Å²) in [7, 11) is 2.35. The Kier molecular flexibility index (Phi) is 2.04. The molecule has 0 saturated carbocycles. The van der Waals surface area contributed by atoms with Crippen molar-refractivity contribution < 1.29 is 0 Å². The first kappa shape index (κ1) is 6.97. The molecular formula is C5H5BrNOP. The van der Waals surface area contributed by atoms with Crippen molar-refractivity contribution >= 4 is 30.5 Å². The maximum absolute atomic E-state index is 10.7. The molecule has 0 saturated heterocycles. The van der Waals surface area contributed by atoms with Gasteiger partial charge >= 0.3 is 0 Å². The van der Waals surface area contributed by atoms with Gasteiger partial charge in [0, 0.05) is 16.0 Å². The highest BCUT2D eigenvalue weighted by molar-refractivity contribution is 9.10. The van der Waals surface area contributed by atoms with Gasteiger partial charge in [0.1, 0.15) is 0 Å². The Morgan fingerprint density at radius 1 is 1.67 bits per heavy atom. The molecule has 0 aliphatic carbocycles. The first-order valence-corrected chi connectivity index (χ1v) is 3.71. The lowest BCUT2D eigenvalue weighted by Crippen LogP contribution is -2.19. The number of hydrogen-bond donors (Lipinski definition) is 1. The van der Waals surface area contributed by atoms with Gasteiger partial charge in [0.2, 0.25) is 0 Å². The number of nitrogens with one attached hydrogen (secondary N) is 1. The Bertz CT molecular complexity index is 270. The summed E-state index contributed by atoms with van der Waals surface area (Å²) in [6.45, 7) is 0. The minimum absolute atomic E-state index is 0.0665. The van der Waals surface area contributed by atoms with Crippen molar-refractivity contribution in [2.45, 2.75) is 0 Å². The average Bonchev–Trinajstić information content (AvgIpc) is 1.80. The van der Waals surface area contributed by atoms with Gasteiger partial charge < -0.3 is 4.98 Å². The molecule has 4 heteroatoms. The molecule has 0 radical (unpaired) electrons. The molecule has 1 heterocycles. The van der Waals surface area contributed by atoms with Crippen molar-refractivity contribution in [1.82, 2.24) is 4.98 Å². The van der Waals surface area contributed by atoms with E-state index in [2.05, 4.69) is 30.2 Å². The van der Waals surface area contributed by atoms with Crippen LogP contribution in [0.25, 0.3) is 0 Å². The predicted molar refractivity (Wildman–Crippen MR) is 44.1 cm³/mol. The van der Waals surface area contributed by atoms with Crippen molar-refractivity contribution in [1.29, 1.82) is 0 Å². The van der Waals surface area contributed by atoms with Gasteiger partial charge in [0.15, 0.2) is 0 Å². The van der Waals surface area contributed by atoms with E-state index in [1.54, 1.807) is 12.3 Å². The Balaban J connectivity index is 3.34. The van der Waals surface area contributed by atoms with E-state index in [0.29, 0.717) is 5.30 Å². The van der Waals surface area contributed by atoms with E-state index in [1.807, 2.05) is 0 Å². The molecule has 0 spiro atoms. The zero-order chi connectivity index (χ0) is 6.85. The standard InChI is InChI=1S/C5H5BrNOP/c6-3-1-4(9)5(8)7-2-3/h1-2H,9H2,(H,7,8). The third-order valence-corrected chi connectivity index (χ3v) is 1.78. The van der Waals surface area contributed by atoms with E-state index in [9.17, 15) is 4.79 Å². The van der Waals surface area contributed by atoms with Gasteiger partial charge in [-0.2, -0.15) is 0 Å². The highest BCUT2D eigenvalue weighted by Gasteiger charge is 1.90. The van der Waals surface area contributed by atoms with Crippen LogP contribution in [0.4, 0.5) is 0 Å². The van der Waals surface area contributed by atoms with E-state index in [1.165, 1.54) is 0 Å². The number of H-pyrrole nitrogens is 1. The van der Waals surface area contributed by atoms with Crippen LogP contribution in [0.5, 0.6) is 0 Å². The zero-order valence-corrected chi connectivity index (χ0v) is 7.26. The molecule has 1 unspecified atom stereocenters. The van der Waals surface area contributed by atoms with E-state index >= 15 is 0 Å². The van der Waals surface area contributed by atoms with Crippen molar-refractivity contribution in [3.63, 3.8) is 0 Å². The van der Waals surface area contributed by atoms with Gasteiger partial charge in [-0.3, -0.25) is 4.79 Å². The lowest BCUT2D eigenvalue weighted by atomic mass is 10.5. The van der Waals surface area contributed by atoms with E-state index in [0.717, 1.165) is 4.47 Å². The fraction of sp³-hybridized carbons (Fsp3) is 0. The molecule has 0 fully saturated rings. The third kappa shape index (κ3) is 1.63. The quantitative estimate of drug-likeness (QED) is 0.620. The van der Waals surface area contributed by atoms with Crippen LogP contribution in [0.2, 0.25) is 0 Å². The molecule has 1 rings (SSSR count). The molecule has 1 N–H and O–H groups in total. The summed E-state index contributed by atoms with van der Waals surface area (Å²) in [4.78, 5) is 13.2. The number of pyridine rings is 1. The maximum Gasteiger partial charge on any atom is 0.255 e. The highest BCUT2D eigenvalue weighted by Crippen LogP contribution is 2.02. The largest absolute Gasteiger partial charge is 0.327 e. The average molecular weight is 206 g/mol. The molecule has 1 aromatic heterocycles.